The molecule has 0 aromatic heterocycles. The van der Waals surface area contributed by atoms with Gasteiger partial charge in [0.2, 0.25) is 5.90 Å². The van der Waals surface area contributed by atoms with Gasteiger partial charge in [-0.15, -0.1) is 0 Å². The van der Waals surface area contributed by atoms with E-state index in [0.29, 0.717) is 46.7 Å². The second-order valence-electron chi connectivity index (χ2n) is 9.97. The van der Waals surface area contributed by atoms with Crippen molar-refractivity contribution < 1.29 is 23.8 Å². The molecule has 9 nitrogen and oxygen atoms in total. The van der Waals surface area contributed by atoms with Crippen LogP contribution >= 0.6 is 0 Å². The number of azide groups is 1. The number of aliphatic imine (C=N–C) groups is 1. The smallest absolute Gasteiger partial charge is 0.252 e. The number of benzene rings is 4. The van der Waals surface area contributed by atoms with Crippen molar-refractivity contribution >= 4 is 17.5 Å². The molecule has 2 N–H and O–H groups in total. The van der Waals surface area contributed by atoms with E-state index in [9.17, 15) is 14.7 Å². The molecule has 2 atom stereocenters. The highest BCUT2D eigenvalue weighted by Gasteiger charge is 2.53. The summed E-state index contributed by atoms with van der Waals surface area (Å²) in [4.78, 5) is 22.2. The van der Waals surface area contributed by atoms with Crippen LogP contribution in [0.25, 0.3) is 10.4 Å². The van der Waals surface area contributed by atoms with E-state index in [4.69, 9.17) is 19.6 Å². The highest BCUT2D eigenvalue weighted by Crippen LogP contribution is 2.43. The van der Waals surface area contributed by atoms with Gasteiger partial charge >= 0.3 is 0 Å². The number of rotatable bonds is 12. The third kappa shape index (κ3) is 6.67. The zero-order valence-electron chi connectivity index (χ0n) is 23.3. The molecule has 4 aromatic rings. The summed E-state index contributed by atoms with van der Waals surface area (Å²) in [6, 6.07) is 29.6. The Morgan fingerprint density at radius 3 is 2.42 bits per heavy atom. The van der Waals surface area contributed by atoms with Crippen LogP contribution in [0.5, 0.6) is 5.75 Å². The number of aliphatic hydroxyl groups is 1. The number of amides is 1. The quantitative estimate of drug-likeness (QED) is 0.0878. The van der Waals surface area contributed by atoms with Crippen LogP contribution in [0.1, 0.15) is 34.8 Å². The van der Waals surface area contributed by atoms with E-state index in [0.717, 1.165) is 0 Å². The molecule has 0 saturated carbocycles. The van der Waals surface area contributed by atoms with Gasteiger partial charge < -0.3 is 19.9 Å². The van der Waals surface area contributed by atoms with Crippen LogP contribution in [-0.4, -0.2) is 35.7 Å². The van der Waals surface area contributed by atoms with Gasteiger partial charge in [0.1, 0.15) is 11.6 Å². The number of hydrogen-bond acceptors (Lipinski definition) is 6. The van der Waals surface area contributed by atoms with Crippen LogP contribution in [-0.2, 0) is 22.5 Å². The van der Waals surface area contributed by atoms with Crippen molar-refractivity contribution in [3.05, 3.63) is 142 Å². The van der Waals surface area contributed by atoms with Crippen LogP contribution in [0.4, 0.5) is 10.1 Å². The molecule has 0 radical (unpaired) electrons. The molecule has 0 bridgehead atoms. The lowest BCUT2D eigenvalue weighted by molar-refractivity contribution is -0.129. The van der Waals surface area contributed by atoms with Crippen LogP contribution in [0.2, 0.25) is 0 Å². The van der Waals surface area contributed by atoms with Gasteiger partial charge in [-0.2, -0.15) is 0 Å². The predicted octanol–water partition coefficient (Wildman–Crippen LogP) is 6.34. The molecule has 0 spiro atoms. The average molecular weight is 580 g/mol. The molecule has 4 aromatic carbocycles. The molecular weight excluding hydrogens is 549 g/mol. The first kappa shape index (κ1) is 29.3. The predicted molar refractivity (Wildman–Crippen MR) is 160 cm³/mol. The van der Waals surface area contributed by atoms with Crippen molar-refractivity contribution in [1.82, 2.24) is 5.32 Å². The van der Waals surface area contributed by atoms with Gasteiger partial charge in [0.15, 0.2) is 11.6 Å². The van der Waals surface area contributed by atoms with Crippen LogP contribution in [0.15, 0.2) is 113 Å². The van der Waals surface area contributed by atoms with Crippen molar-refractivity contribution in [3.63, 3.8) is 0 Å². The van der Waals surface area contributed by atoms with E-state index in [-0.39, 0.29) is 25.5 Å². The second kappa shape index (κ2) is 13.7. The summed E-state index contributed by atoms with van der Waals surface area (Å²) in [7, 11) is 0. The number of ether oxygens (including phenoxy) is 2. The normalized spacial score (nSPS) is 17.3. The first-order chi connectivity index (χ1) is 21.0. The molecule has 0 saturated heterocycles. The van der Waals surface area contributed by atoms with Gasteiger partial charge in [-0.1, -0.05) is 77.9 Å². The molecule has 218 valence electrons. The Morgan fingerprint density at radius 1 is 1.00 bits per heavy atom. The van der Waals surface area contributed by atoms with E-state index in [2.05, 4.69) is 15.3 Å². The maximum absolute atomic E-state index is 14.5. The minimum atomic E-state index is -1.54. The van der Waals surface area contributed by atoms with Crippen molar-refractivity contribution in [1.29, 1.82) is 0 Å². The summed E-state index contributed by atoms with van der Waals surface area (Å²) >= 11 is 0. The molecule has 1 heterocycles. The average Bonchev–Trinajstić information content (AvgIpc) is 3.43. The Hall–Kier alpha value is -5.18. The van der Waals surface area contributed by atoms with Crippen LogP contribution in [0.3, 0.4) is 0 Å². The number of nitrogens with one attached hydrogen (secondary N) is 1. The van der Waals surface area contributed by atoms with Crippen LogP contribution < -0.4 is 10.1 Å². The van der Waals surface area contributed by atoms with Gasteiger partial charge in [0.05, 0.1) is 6.61 Å². The molecule has 43 heavy (non-hydrogen) atoms. The molecule has 10 heteroatoms. The number of carbonyl (C=O) groups is 1. The molecule has 0 fully saturated rings. The first-order valence-electron chi connectivity index (χ1n) is 13.8. The monoisotopic (exact) mass is 579 g/mol. The van der Waals surface area contributed by atoms with Crippen molar-refractivity contribution in [2.75, 3.05) is 13.2 Å². The Kier molecular flexibility index (Phi) is 9.31. The van der Waals surface area contributed by atoms with Crippen LogP contribution in [0, 0.1) is 5.82 Å². The van der Waals surface area contributed by atoms with E-state index >= 15 is 0 Å². The highest BCUT2D eigenvalue weighted by atomic mass is 19.1. The number of carbonyl (C=O) groups excluding carboxylic acids is 1. The van der Waals surface area contributed by atoms with Gasteiger partial charge in [-0.3, -0.25) is 4.79 Å². The summed E-state index contributed by atoms with van der Waals surface area (Å²) in [5, 5.41) is 15.8. The third-order valence-corrected chi connectivity index (χ3v) is 7.13. The summed E-state index contributed by atoms with van der Waals surface area (Å²) < 4.78 is 26.6. The summed E-state index contributed by atoms with van der Waals surface area (Å²) in [5.74, 6) is -0.0386. The molecule has 0 unspecified atom stereocenters. The van der Waals surface area contributed by atoms with Gasteiger partial charge in [-0.25, -0.2) is 9.38 Å². The first-order valence-corrected chi connectivity index (χ1v) is 13.8. The lowest BCUT2D eigenvalue weighted by atomic mass is 9.81. The van der Waals surface area contributed by atoms with Crippen molar-refractivity contribution in [2.45, 2.75) is 31.0 Å². The largest absolute Gasteiger partial charge is 0.494 e. The zero-order valence-corrected chi connectivity index (χ0v) is 23.3. The fourth-order valence-electron chi connectivity index (χ4n) is 4.98. The Balaban J connectivity index is 1.58. The lowest BCUT2D eigenvalue weighted by Gasteiger charge is -2.31. The maximum atomic E-state index is 14.5. The highest BCUT2D eigenvalue weighted by molar-refractivity contribution is 6.01. The number of nitrogens with zero attached hydrogens (tertiary/aromatic N) is 4. The molecule has 5 rings (SSSR count). The minimum absolute atomic E-state index is 0.0352. The summed E-state index contributed by atoms with van der Waals surface area (Å²) in [6.07, 6.45) is -0.307. The zero-order chi connectivity index (χ0) is 30.1. The Morgan fingerprint density at radius 2 is 1.70 bits per heavy atom. The van der Waals surface area contributed by atoms with Crippen molar-refractivity contribution in [2.24, 2.45) is 10.1 Å². The summed E-state index contributed by atoms with van der Waals surface area (Å²) in [5.41, 5.74) is 10.3. The fraction of sp³-hybridized carbons (Fsp3) is 0.212. The topological polar surface area (TPSA) is 129 Å². The molecule has 1 amide bonds. The van der Waals surface area contributed by atoms with E-state index in [1.165, 1.54) is 6.07 Å². The SMILES string of the molecule is [N-]=[N+]=Nc1ccccc1C[C@@]1(C(=O)NCc2ccccc2F)N=C(c2ccc(OCCCO)cc2)O[C@@H]1c1ccccc1. The minimum Gasteiger partial charge on any atom is -0.494 e. The van der Waals surface area contributed by atoms with E-state index in [1.807, 2.05) is 30.3 Å². The molecule has 1 aliphatic heterocycles. The van der Waals surface area contributed by atoms with E-state index < -0.39 is 23.4 Å². The third-order valence-electron chi connectivity index (χ3n) is 7.13. The Labute approximate surface area is 248 Å². The standard InChI is InChI=1S/C33H30FN5O4/c34-28-13-6-4-12-26(28)22-36-32(41)33(21-25-11-5-7-14-29(25)38-39-35)30(23-9-2-1-3-10-23)43-31(37-33)24-15-17-27(18-16-24)42-20-8-19-40/h1-7,9-18,30,40H,8,19-22H2,(H,36,41)/t30-,33-/m1/s1. The van der Waals surface area contributed by atoms with Gasteiger partial charge in [0.25, 0.3) is 5.91 Å². The molecule has 1 aliphatic rings. The molecular formula is C33H30FN5O4. The molecule has 0 aliphatic carbocycles. The Bertz CT molecular complexity index is 1640. The summed E-state index contributed by atoms with van der Waals surface area (Å²) in [6.45, 7) is 0.351. The second-order valence-corrected chi connectivity index (χ2v) is 9.97. The van der Waals surface area contributed by atoms with Gasteiger partial charge in [0, 0.05) is 47.7 Å². The number of aliphatic hydroxyl groups excluding tert-OH is 1. The van der Waals surface area contributed by atoms with Gasteiger partial charge in [-0.05, 0) is 47.0 Å². The lowest BCUT2D eigenvalue weighted by Crippen LogP contribution is -2.49. The number of halogens is 1. The van der Waals surface area contributed by atoms with E-state index in [1.54, 1.807) is 66.7 Å². The fourth-order valence-corrected chi connectivity index (χ4v) is 4.98. The van der Waals surface area contributed by atoms with Crippen molar-refractivity contribution in [3.8, 4) is 5.75 Å². The number of hydrogen-bond donors (Lipinski definition) is 2. The maximum Gasteiger partial charge on any atom is 0.252 e.